The number of nitrogens with one attached hydrogen (secondary N) is 1. The number of carbonyl (C=O) groups excluding carboxylic acids is 2. The molecule has 0 spiro atoms. The Morgan fingerprint density at radius 1 is 0.406 bits per heavy atom. The molecule has 0 fully saturated rings. The summed E-state index contributed by atoms with van der Waals surface area (Å²) >= 11 is 0. The second-order valence-corrected chi connectivity index (χ2v) is 21.4. The third-order valence-corrected chi connectivity index (χ3v) is 14.5. The first-order valence-corrected chi connectivity index (χ1v) is 31.1. The van der Waals surface area contributed by atoms with Gasteiger partial charge in [0.25, 0.3) is 0 Å². The van der Waals surface area contributed by atoms with Gasteiger partial charge in [-0.2, -0.15) is 0 Å². The van der Waals surface area contributed by atoms with Crippen LogP contribution in [0.5, 0.6) is 0 Å². The molecule has 2 atom stereocenters. The molecule has 0 aliphatic rings. The number of allylic oxidation sites excluding steroid dienone is 4. The van der Waals surface area contributed by atoms with Crippen LogP contribution >= 0.6 is 0 Å². The number of hydrogen-bond donors (Lipinski definition) is 3. The fraction of sp³-hybridized carbons (Fsp3) is 0.905. The summed E-state index contributed by atoms with van der Waals surface area (Å²) in [7, 11) is 0. The van der Waals surface area contributed by atoms with Crippen molar-refractivity contribution in [1.29, 1.82) is 0 Å². The molecule has 0 aromatic carbocycles. The van der Waals surface area contributed by atoms with Gasteiger partial charge in [0.2, 0.25) is 5.91 Å². The maximum Gasteiger partial charge on any atom is 0.305 e. The molecule has 0 bridgehead atoms. The van der Waals surface area contributed by atoms with E-state index in [-0.39, 0.29) is 18.5 Å². The van der Waals surface area contributed by atoms with Crippen molar-refractivity contribution >= 4 is 11.9 Å². The highest BCUT2D eigenvalue weighted by Gasteiger charge is 2.20. The van der Waals surface area contributed by atoms with Crippen molar-refractivity contribution in [3.05, 3.63) is 24.3 Å². The predicted octanol–water partition coefficient (Wildman–Crippen LogP) is 19.4. The molecule has 1 amide bonds. The highest BCUT2D eigenvalue weighted by molar-refractivity contribution is 5.76. The molecule has 0 heterocycles. The van der Waals surface area contributed by atoms with Crippen LogP contribution in [0, 0.1) is 0 Å². The number of carbonyl (C=O) groups is 2. The van der Waals surface area contributed by atoms with E-state index in [1.54, 1.807) is 0 Å². The van der Waals surface area contributed by atoms with Gasteiger partial charge >= 0.3 is 5.97 Å². The Kier molecular flexibility index (Phi) is 57.5. The molecular weight excluding hydrogens is 851 g/mol. The van der Waals surface area contributed by atoms with E-state index in [2.05, 4.69) is 43.5 Å². The fourth-order valence-electron chi connectivity index (χ4n) is 9.72. The molecule has 69 heavy (non-hydrogen) atoms. The fourth-order valence-corrected chi connectivity index (χ4v) is 9.72. The van der Waals surface area contributed by atoms with Crippen LogP contribution in [0.1, 0.15) is 341 Å². The summed E-state index contributed by atoms with van der Waals surface area (Å²) in [5.41, 5.74) is 0. The lowest BCUT2D eigenvalue weighted by molar-refractivity contribution is -0.143. The van der Waals surface area contributed by atoms with Crippen LogP contribution in [0.2, 0.25) is 0 Å². The first-order chi connectivity index (χ1) is 34.0. The molecular formula is C63H121NO5. The third kappa shape index (κ3) is 55.5. The van der Waals surface area contributed by atoms with Gasteiger partial charge in [0, 0.05) is 12.8 Å². The molecule has 0 saturated heterocycles. The number of amides is 1. The van der Waals surface area contributed by atoms with Crippen LogP contribution in [-0.4, -0.2) is 47.4 Å². The summed E-state index contributed by atoms with van der Waals surface area (Å²) in [5, 5.41) is 23.3. The van der Waals surface area contributed by atoms with Gasteiger partial charge in [-0.25, -0.2) is 0 Å². The van der Waals surface area contributed by atoms with Gasteiger partial charge in [0.05, 0.1) is 25.4 Å². The Morgan fingerprint density at radius 2 is 0.739 bits per heavy atom. The van der Waals surface area contributed by atoms with Crippen molar-refractivity contribution in [2.24, 2.45) is 0 Å². The highest BCUT2D eigenvalue weighted by atomic mass is 16.5. The molecule has 6 heteroatoms. The van der Waals surface area contributed by atoms with Crippen LogP contribution < -0.4 is 5.32 Å². The molecule has 0 aliphatic heterocycles. The van der Waals surface area contributed by atoms with E-state index in [1.807, 2.05) is 0 Å². The lowest BCUT2D eigenvalue weighted by Crippen LogP contribution is -2.45. The lowest BCUT2D eigenvalue weighted by atomic mass is 10.0. The van der Waals surface area contributed by atoms with Crippen molar-refractivity contribution in [2.75, 3.05) is 13.2 Å². The van der Waals surface area contributed by atoms with E-state index in [4.69, 9.17) is 4.74 Å². The van der Waals surface area contributed by atoms with E-state index in [0.717, 1.165) is 51.4 Å². The highest BCUT2D eigenvalue weighted by Crippen LogP contribution is 2.18. The zero-order valence-corrected chi connectivity index (χ0v) is 46.6. The summed E-state index contributed by atoms with van der Waals surface area (Å²) < 4.78 is 5.47. The van der Waals surface area contributed by atoms with Crippen molar-refractivity contribution in [2.45, 2.75) is 353 Å². The standard InChI is InChI=1S/C63H121NO5/c1-3-5-7-9-11-13-15-17-19-25-28-31-35-39-43-47-51-55-61(66)60(59-65)64-62(67)56-52-48-44-40-36-32-29-26-23-21-20-22-24-27-30-34-38-42-46-50-54-58-69-63(68)57-53-49-45-41-37-33-18-16-14-12-10-8-6-4-2/h10,12,16,18,60-61,65-66H,3-9,11,13-15,17,19-59H2,1-2H3,(H,64,67)/b12-10-,18-16-. The van der Waals surface area contributed by atoms with E-state index in [0.29, 0.717) is 25.9 Å². The molecule has 6 nitrogen and oxygen atoms in total. The molecule has 0 rings (SSSR count). The van der Waals surface area contributed by atoms with Crippen LogP contribution in [0.25, 0.3) is 0 Å². The largest absolute Gasteiger partial charge is 0.466 e. The first kappa shape index (κ1) is 67.3. The SMILES string of the molecule is CCCC/C=C\C/C=C\CCCCCCCC(=O)OCCCCCCCCCCCCCCCCCCCCCCCC(=O)NC(CO)C(O)CCCCCCCCCCCCCCCCCCC. The lowest BCUT2D eigenvalue weighted by Gasteiger charge is -2.22. The first-order valence-electron chi connectivity index (χ1n) is 31.1. The number of esters is 1. The van der Waals surface area contributed by atoms with Gasteiger partial charge in [-0.1, -0.05) is 301 Å². The summed E-state index contributed by atoms with van der Waals surface area (Å²) in [6.07, 6.45) is 71.8. The summed E-state index contributed by atoms with van der Waals surface area (Å²) in [6.45, 7) is 4.93. The second kappa shape index (κ2) is 58.9. The number of hydrogen-bond acceptors (Lipinski definition) is 5. The van der Waals surface area contributed by atoms with Gasteiger partial charge in [-0.15, -0.1) is 0 Å². The number of aliphatic hydroxyl groups is 2. The van der Waals surface area contributed by atoms with Crippen molar-refractivity contribution in [3.8, 4) is 0 Å². The van der Waals surface area contributed by atoms with Crippen LogP contribution in [0.15, 0.2) is 24.3 Å². The summed E-state index contributed by atoms with van der Waals surface area (Å²) in [4.78, 5) is 24.5. The second-order valence-electron chi connectivity index (χ2n) is 21.4. The van der Waals surface area contributed by atoms with Crippen LogP contribution in [-0.2, 0) is 14.3 Å². The van der Waals surface area contributed by atoms with E-state index in [9.17, 15) is 19.8 Å². The predicted molar refractivity (Wildman–Crippen MR) is 301 cm³/mol. The number of rotatable bonds is 58. The quantitative estimate of drug-likeness (QED) is 0.0321. The third-order valence-electron chi connectivity index (χ3n) is 14.5. The Morgan fingerprint density at radius 3 is 1.14 bits per heavy atom. The Bertz CT molecular complexity index is 1080. The van der Waals surface area contributed by atoms with Crippen LogP contribution in [0.4, 0.5) is 0 Å². The van der Waals surface area contributed by atoms with Gasteiger partial charge in [0.15, 0.2) is 0 Å². The van der Waals surface area contributed by atoms with Gasteiger partial charge < -0.3 is 20.3 Å². The molecule has 0 aliphatic carbocycles. The van der Waals surface area contributed by atoms with Crippen LogP contribution in [0.3, 0.4) is 0 Å². The molecule has 2 unspecified atom stereocenters. The zero-order chi connectivity index (χ0) is 50.0. The minimum Gasteiger partial charge on any atom is -0.466 e. The number of unbranched alkanes of at least 4 members (excludes halogenated alkanes) is 43. The molecule has 0 radical (unpaired) electrons. The minimum absolute atomic E-state index is 0.00215. The molecule has 0 saturated carbocycles. The Labute approximate surface area is 431 Å². The average Bonchev–Trinajstić information content (AvgIpc) is 3.35. The Hall–Kier alpha value is -1.66. The van der Waals surface area contributed by atoms with Gasteiger partial charge in [-0.3, -0.25) is 9.59 Å². The number of aliphatic hydroxyl groups excluding tert-OH is 2. The zero-order valence-electron chi connectivity index (χ0n) is 46.6. The van der Waals surface area contributed by atoms with E-state index < -0.39 is 12.1 Å². The smallest absolute Gasteiger partial charge is 0.305 e. The normalized spacial score (nSPS) is 12.7. The average molecular weight is 973 g/mol. The molecule has 408 valence electrons. The van der Waals surface area contributed by atoms with Crippen molar-refractivity contribution in [1.82, 2.24) is 5.32 Å². The Balaban J connectivity index is 3.39. The summed E-state index contributed by atoms with van der Waals surface area (Å²) in [6, 6.07) is -0.542. The monoisotopic (exact) mass is 972 g/mol. The van der Waals surface area contributed by atoms with E-state index in [1.165, 1.54) is 257 Å². The van der Waals surface area contributed by atoms with Crippen molar-refractivity contribution < 1.29 is 24.5 Å². The van der Waals surface area contributed by atoms with Crippen molar-refractivity contribution in [3.63, 3.8) is 0 Å². The molecule has 0 aromatic heterocycles. The van der Waals surface area contributed by atoms with E-state index >= 15 is 0 Å². The maximum atomic E-state index is 12.5. The topological polar surface area (TPSA) is 95.9 Å². The number of ether oxygens (including phenoxy) is 1. The molecule has 3 N–H and O–H groups in total. The van der Waals surface area contributed by atoms with Gasteiger partial charge in [0.1, 0.15) is 0 Å². The minimum atomic E-state index is -0.665. The van der Waals surface area contributed by atoms with Gasteiger partial charge in [-0.05, 0) is 51.4 Å². The maximum absolute atomic E-state index is 12.5. The molecule has 0 aromatic rings. The summed E-state index contributed by atoms with van der Waals surface area (Å²) in [5.74, 6) is -0.0357.